The van der Waals surface area contributed by atoms with Crippen LogP contribution in [0.2, 0.25) is 0 Å². The molecule has 0 aliphatic rings. The van der Waals surface area contributed by atoms with Crippen molar-refractivity contribution < 1.29 is 14.3 Å². The summed E-state index contributed by atoms with van der Waals surface area (Å²) in [5.74, 6) is 1.28. The highest BCUT2D eigenvalue weighted by Gasteiger charge is 2.18. The number of thioether (sulfide) groups is 1. The Hall–Kier alpha value is -4.24. The summed E-state index contributed by atoms with van der Waals surface area (Å²) >= 11 is 1.20. The van der Waals surface area contributed by atoms with Gasteiger partial charge in [-0.05, 0) is 61.5 Å². The third kappa shape index (κ3) is 4.65. The minimum atomic E-state index is -0.240. The number of amides is 1. The highest BCUT2D eigenvalue weighted by Crippen LogP contribution is 2.27. The second-order valence-electron chi connectivity index (χ2n) is 7.92. The highest BCUT2D eigenvalue weighted by atomic mass is 32.2. The first-order valence-corrected chi connectivity index (χ1v) is 12.4. The lowest BCUT2D eigenvalue weighted by molar-refractivity contribution is -0.113. The summed E-state index contributed by atoms with van der Waals surface area (Å²) in [6.45, 7) is 2.49. The summed E-state index contributed by atoms with van der Waals surface area (Å²) < 4.78 is 12.2. The van der Waals surface area contributed by atoms with Gasteiger partial charge in [-0.3, -0.25) is 14.2 Å². The number of hydrogen-bond donors (Lipinski definition) is 2. The smallest absolute Gasteiger partial charge is 0.283 e. The van der Waals surface area contributed by atoms with Crippen molar-refractivity contribution in [2.45, 2.75) is 12.1 Å². The summed E-state index contributed by atoms with van der Waals surface area (Å²) in [6, 6.07) is 22.0. The van der Waals surface area contributed by atoms with Crippen LogP contribution in [0.1, 0.15) is 6.92 Å². The number of hydrogen-bond acceptors (Lipinski definition) is 6. The molecule has 182 valence electrons. The van der Waals surface area contributed by atoms with Gasteiger partial charge in [0.2, 0.25) is 5.91 Å². The first-order chi connectivity index (χ1) is 17.6. The molecule has 0 radical (unpaired) electrons. The van der Waals surface area contributed by atoms with E-state index in [0.717, 1.165) is 16.7 Å². The maximum absolute atomic E-state index is 13.6. The minimum Gasteiger partial charge on any atom is -0.497 e. The number of aromatic amines is 1. The van der Waals surface area contributed by atoms with Crippen LogP contribution in [0.4, 0.5) is 5.69 Å². The van der Waals surface area contributed by atoms with Crippen LogP contribution in [0.15, 0.2) is 82.7 Å². The van der Waals surface area contributed by atoms with Crippen LogP contribution < -0.4 is 20.3 Å². The fraction of sp³-hybridized carbons (Fsp3) is 0.148. The van der Waals surface area contributed by atoms with Gasteiger partial charge in [-0.1, -0.05) is 30.0 Å². The number of methoxy groups -OCH3 is 1. The van der Waals surface area contributed by atoms with Crippen LogP contribution in [-0.4, -0.2) is 39.9 Å². The zero-order chi connectivity index (χ0) is 25.1. The Balaban J connectivity index is 1.48. The summed E-state index contributed by atoms with van der Waals surface area (Å²) in [6.07, 6.45) is 0. The van der Waals surface area contributed by atoms with Crippen LogP contribution in [-0.2, 0) is 4.79 Å². The molecule has 0 saturated heterocycles. The number of anilines is 1. The number of ether oxygens (including phenoxy) is 2. The largest absolute Gasteiger partial charge is 0.497 e. The van der Waals surface area contributed by atoms with E-state index in [2.05, 4.69) is 10.3 Å². The van der Waals surface area contributed by atoms with E-state index in [-0.39, 0.29) is 17.2 Å². The van der Waals surface area contributed by atoms with Gasteiger partial charge in [0.1, 0.15) is 22.5 Å². The van der Waals surface area contributed by atoms with Gasteiger partial charge in [0.05, 0.1) is 25.2 Å². The van der Waals surface area contributed by atoms with E-state index in [4.69, 9.17) is 14.5 Å². The van der Waals surface area contributed by atoms with Crippen LogP contribution >= 0.6 is 11.8 Å². The molecule has 2 aromatic heterocycles. The molecule has 0 bridgehead atoms. The van der Waals surface area contributed by atoms with Crippen molar-refractivity contribution in [2.24, 2.45) is 0 Å². The minimum absolute atomic E-state index is 0.0731. The number of H-pyrrole nitrogens is 1. The van der Waals surface area contributed by atoms with Crippen molar-refractivity contribution in [1.82, 2.24) is 14.5 Å². The molecule has 0 saturated carbocycles. The second kappa shape index (κ2) is 10.2. The Labute approximate surface area is 211 Å². The van der Waals surface area contributed by atoms with Gasteiger partial charge in [0.15, 0.2) is 5.16 Å². The third-order valence-corrected chi connectivity index (χ3v) is 6.54. The molecule has 2 heterocycles. The summed E-state index contributed by atoms with van der Waals surface area (Å²) in [4.78, 5) is 34.4. The molecule has 1 amide bonds. The van der Waals surface area contributed by atoms with Gasteiger partial charge >= 0.3 is 0 Å². The number of benzene rings is 3. The Kier molecular flexibility index (Phi) is 6.64. The molecule has 0 aliphatic carbocycles. The number of carbonyl (C=O) groups excluding carboxylic acids is 1. The van der Waals surface area contributed by atoms with E-state index in [1.807, 2.05) is 31.2 Å². The molecular weight excluding hydrogens is 476 g/mol. The first kappa shape index (κ1) is 23.5. The normalized spacial score (nSPS) is 11.1. The van der Waals surface area contributed by atoms with Crippen molar-refractivity contribution in [3.8, 4) is 17.2 Å². The predicted octanol–water partition coefficient (Wildman–Crippen LogP) is 5.01. The van der Waals surface area contributed by atoms with Crippen molar-refractivity contribution in [2.75, 3.05) is 24.8 Å². The number of nitrogens with one attached hydrogen (secondary N) is 2. The highest BCUT2D eigenvalue weighted by molar-refractivity contribution is 7.99. The SMILES string of the molecule is CCOc1ccc(NC(=O)CSc2nc3c([nH]c4ccccc43)c(=O)n2-c2ccc(OC)cc2)cc1. The van der Waals surface area contributed by atoms with Gasteiger partial charge in [0.25, 0.3) is 5.56 Å². The molecule has 9 heteroatoms. The van der Waals surface area contributed by atoms with Gasteiger partial charge in [-0.25, -0.2) is 4.98 Å². The zero-order valence-electron chi connectivity index (χ0n) is 19.8. The Morgan fingerprint density at radius 3 is 2.47 bits per heavy atom. The standard InChI is InChI=1S/C27H24N4O4S/c1-3-35-20-12-8-17(9-13-20)28-23(32)16-36-27-30-24-21-6-4-5-7-22(21)29-25(24)26(33)31(27)18-10-14-19(34-2)15-11-18/h4-15,29H,3,16H2,1-2H3,(H,28,32). The van der Waals surface area contributed by atoms with Crippen molar-refractivity contribution >= 4 is 45.3 Å². The lowest BCUT2D eigenvalue weighted by Gasteiger charge is -2.13. The average molecular weight is 501 g/mol. The molecule has 5 aromatic rings. The van der Waals surface area contributed by atoms with Crippen LogP contribution in [0.5, 0.6) is 11.5 Å². The third-order valence-electron chi connectivity index (χ3n) is 5.61. The fourth-order valence-corrected chi connectivity index (χ4v) is 4.73. The monoisotopic (exact) mass is 500 g/mol. The van der Waals surface area contributed by atoms with Crippen LogP contribution in [0, 0.1) is 0 Å². The molecule has 0 fully saturated rings. The molecular formula is C27H24N4O4S. The second-order valence-corrected chi connectivity index (χ2v) is 8.86. The lowest BCUT2D eigenvalue weighted by Crippen LogP contribution is -2.23. The number of para-hydroxylation sites is 1. The summed E-state index contributed by atoms with van der Waals surface area (Å²) in [7, 11) is 1.59. The molecule has 2 N–H and O–H groups in total. The maximum Gasteiger partial charge on any atom is 0.283 e. The number of rotatable bonds is 8. The average Bonchev–Trinajstić information content (AvgIpc) is 3.28. The van der Waals surface area contributed by atoms with Crippen molar-refractivity contribution in [3.63, 3.8) is 0 Å². The summed E-state index contributed by atoms with van der Waals surface area (Å²) in [5, 5.41) is 4.15. The lowest BCUT2D eigenvalue weighted by atomic mass is 10.2. The first-order valence-electron chi connectivity index (χ1n) is 11.4. The van der Waals surface area contributed by atoms with Crippen molar-refractivity contribution in [3.05, 3.63) is 83.2 Å². The molecule has 0 spiro atoms. The van der Waals surface area contributed by atoms with Gasteiger partial charge in [-0.2, -0.15) is 0 Å². The molecule has 0 aliphatic heterocycles. The van der Waals surface area contributed by atoms with E-state index in [9.17, 15) is 9.59 Å². The topological polar surface area (TPSA) is 98.2 Å². The molecule has 8 nitrogen and oxygen atoms in total. The van der Waals surface area contributed by atoms with Crippen LogP contribution in [0.3, 0.4) is 0 Å². The Bertz CT molecular complexity index is 1590. The molecule has 36 heavy (non-hydrogen) atoms. The van der Waals surface area contributed by atoms with Gasteiger partial charge in [-0.15, -0.1) is 0 Å². The van der Waals surface area contributed by atoms with Gasteiger partial charge < -0.3 is 19.8 Å². The number of aromatic nitrogens is 3. The van der Waals surface area contributed by atoms with Crippen LogP contribution in [0.25, 0.3) is 27.6 Å². The summed E-state index contributed by atoms with van der Waals surface area (Å²) in [5.41, 5.74) is 2.87. The molecule has 0 unspecified atom stereocenters. The maximum atomic E-state index is 13.6. The number of nitrogens with zero attached hydrogens (tertiary/aromatic N) is 2. The quantitative estimate of drug-likeness (QED) is 0.230. The number of fused-ring (bicyclic) bond motifs is 3. The molecule has 0 atom stereocenters. The fourth-order valence-electron chi connectivity index (χ4n) is 3.93. The molecule has 5 rings (SSSR count). The Morgan fingerprint density at radius 1 is 1.03 bits per heavy atom. The molecule has 3 aromatic carbocycles. The van der Waals surface area contributed by atoms with E-state index in [0.29, 0.717) is 39.9 Å². The van der Waals surface area contributed by atoms with Crippen molar-refractivity contribution in [1.29, 1.82) is 0 Å². The number of carbonyl (C=O) groups is 1. The zero-order valence-corrected chi connectivity index (χ0v) is 20.6. The van der Waals surface area contributed by atoms with E-state index in [1.54, 1.807) is 55.6 Å². The van der Waals surface area contributed by atoms with E-state index in [1.165, 1.54) is 16.3 Å². The van der Waals surface area contributed by atoms with E-state index >= 15 is 0 Å². The Morgan fingerprint density at radius 2 is 1.75 bits per heavy atom. The predicted molar refractivity (Wildman–Crippen MR) is 143 cm³/mol. The van der Waals surface area contributed by atoms with E-state index < -0.39 is 0 Å². The van der Waals surface area contributed by atoms with Gasteiger partial charge in [0, 0.05) is 16.6 Å².